The molecular weight excluding hydrogens is 246 g/mol. The summed E-state index contributed by atoms with van der Waals surface area (Å²) in [6, 6.07) is -0.835. The van der Waals surface area contributed by atoms with Crippen molar-refractivity contribution < 1.29 is 18.0 Å². The van der Waals surface area contributed by atoms with Gasteiger partial charge in [0.15, 0.2) is 0 Å². The summed E-state index contributed by atoms with van der Waals surface area (Å²) in [5, 5.41) is 2.12. The van der Waals surface area contributed by atoms with E-state index in [1.807, 2.05) is 0 Å². The average molecular weight is 261 g/mol. The molecule has 0 bridgehead atoms. The Labute approximate surface area is 99.9 Å². The molecule has 0 aromatic heterocycles. The van der Waals surface area contributed by atoms with E-state index in [2.05, 4.69) is 5.32 Å². The molecule has 17 heavy (non-hydrogen) atoms. The number of rotatable bonds is 2. The minimum Gasteiger partial charge on any atom is -0.294 e. The smallest absolute Gasteiger partial charge is 0.283 e. The number of carbonyl (C=O) groups excluding carboxylic acids is 2. The van der Waals surface area contributed by atoms with Crippen molar-refractivity contribution in [2.75, 3.05) is 19.6 Å². The van der Waals surface area contributed by atoms with Crippen LogP contribution in [0.25, 0.3) is 0 Å². The highest BCUT2D eigenvalue weighted by Gasteiger charge is 2.41. The van der Waals surface area contributed by atoms with Crippen LogP contribution in [0.4, 0.5) is 0 Å². The van der Waals surface area contributed by atoms with Gasteiger partial charge in [-0.25, -0.2) is 0 Å². The van der Waals surface area contributed by atoms with E-state index >= 15 is 0 Å². The van der Waals surface area contributed by atoms with Crippen molar-refractivity contribution in [1.29, 1.82) is 0 Å². The molecule has 2 saturated heterocycles. The van der Waals surface area contributed by atoms with Crippen molar-refractivity contribution in [3.63, 3.8) is 0 Å². The van der Waals surface area contributed by atoms with E-state index in [9.17, 15) is 18.0 Å². The van der Waals surface area contributed by atoms with Gasteiger partial charge in [0, 0.05) is 13.1 Å². The summed E-state index contributed by atoms with van der Waals surface area (Å²) in [6.45, 7) is 2.11. The summed E-state index contributed by atoms with van der Waals surface area (Å²) in [5.74, 6) is -1.14. The Morgan fingerprint density at radius 3 is 2.41 bits per heavy atom. The minimum absolute atomic E-state index is 0.286. The third-order valence-corrected chi connectivity index (χ3v) is 5.12. The predicted octanol–water partition coefficient (Wildman–Crippen LogP) is -1.33. The molecule has 0 aromatic carbocycles. The molecule has 1 unspecified atom stereocenters. The highest BCUT2D eigenvalue weighted by atomic mass is 32.2. The van der Waals surface area contributed by atoms with E-state index in [0.717, 1.165) is 17.1 Å². The number of imide groups is 1. The van der Waals surface area contributed by atoms with Crippen molar-refractivity contribution in [2.45, 2.75) is 25.8 Å². The second kappa shape index (κ2) is 4.35. The zero-order valence-corrected chi connectivity index (χ0v) is 10.4. The van der Waals surface area contributed by atoms with Gasteiger partial charge in [-0.05, 0) is 19.8 Å². The molecule has 0 aliphatic carbocycles. The van der Waals surface area contributed by atoms with Crippen LogP contribution in [0, 0.1) is 0 Å². The van der Waals surface area contributed by atoms with E-state index in [4.69, 9.17) is 0 Å². The number of hydrogen-bond donors (Lipinski definition) is 1. The molecule has 1 atom stereocenters. The number of piperazine rings is 1. The fraction of sp³-hybridized carbons (Fsp3) is 0.778. The maximum atomic E-state index is 12.2. The van der Waals surface area contributed by atoms with Gasteiger partial charge in [0.25, 0.3) is 10.2 Å². The molecule has 2 rings (SSSR count). The molecule has 2 aliphatic heterocycles. The van der Waals surface area contributed by atoms with E-state index in [0.29, 0.717) is 13.1 Å². The minimum atomic E-state index is -3.69. The Balaban J connectivity index is 2.25. The number of carbonyl (C=O) groups is 2. The molecule has 2 heterocycles. The summed E-state index contributed by atoms with van der Waals surface area (Å²) in [4.78, 5) is 22.7. The monoisotopic (exact) mass is 261 g/mol. The number of nitrogens with one attached hydrogen (secondary N) is 1. The first-order valence-corrected chi connectivity index (χ1v) is 6.93. The largest absolute Gasteiger partial charge is 0.294 e. The van der Waals surface area contributed by atoms with Gasteiger partial charge in [-0.15, -0.1) is 0 Å². The van der Waals surface area contributed by atoms with E-state index in [-0.39, 0.29) is 6.54 Å². The van der Waals surface area contributed by atoms with Crippen LogP contribution in [0.15, 0.2) is 0 Å². The van der Waals surface area contributed by atoms with Gasteiger partial charge >= 0.3 is 0 Å². The van der Waals surface area contributed by atoms with Crippen LogP contribution in [-0.2, 0) is 19.8 Å². The van der Waals surface area contributed by atoms with Gasteiger partial charge in [0.1, 0.15) is 6.04 Å². The summed E-state index contributed by atoms with van der Waals surface area (Å²) < 4.78 is 26.7. The van der Waals surface area contributed by atoms with Crippen LogP contribution in [0.1, 0.15) is 19.8 Å². The lowest BCUT2D eigenvalue weighted by Gasteiger charge is -2.33. The second-order valence-electron chi connectivity index (χ2n) is 4.25. The van der Waals surface area contributed by atoms with Gasteiger partial charge in [0.05, 0.1) is 6.54 Å². The van der Waals surface area contributed by atoms with Crippen molar-refractivity contribution in [2.24, 2.45) is 0 Å². The third-order valence-electron chi connectivity index (χ3n) is 3.06. The normalized spacial score (nSPS) is 28.4. The Bertz CT molecular complexity index is 441. The quantitative estimate of drug-likeness (QED) is 0.624. The Morgan fingerprint density at radius 1 is 1.24 bits per heavy atom. The molecule has 1 N–H and O–H groups in total. The van der Waals surface area contributed by atoms with Gasteiger partial charge < -0.3 is 0 Å². The van der Waals surface area contributed by atoms with Crippen LogP contribution in [-0.4, -0.2) is 54.5 Å². The summed E-state index contributed by atoms with van der Waals surface area (Å²) in [5.41, 5.74) is 0. The van der Waals surface area contributed by atoms with Crippen LogP contribution < -0.4 is 5.32 Å². The maximum Gasteiger partial charge on any atom is 0.283 e. The van der Waals surface area contributed by atoms with E-state index < -0.39 is 28.1 Å². The molecule has 7 nitrogen and oxygen atoms in total. The number of hydrogen-bond acceptors (Lipinski definition) is 4. The molecule has 0 aromatic rings. The molecule has 0 radical (unpaired) electrons. The van der Waals surface area contributed by atoms with Crippen LogP contribution >= 0.6 is 0 Å². The van der Waals surface area contributed by atoms with Crippen molar-refractivity contribution in [3.8, 4) is 0 Å². The fourth-order valence-corrected chi connectivity index (χ4v) is 3.83. The molecule has 2 amide bonds. The molecule has 8 heteroatoms. The molecule has 2 fully saturated rings. The first-order valence-electron chi connectivity index (χ1n) is 5.53. The average Bonchev–Trinajstić information content (AvgIpc) is 2.76. The fourth-order valence-electron chi connectivity index (χ4n) is 2.04. The lowest BCUT2D eigenvalue weighted by Crippen LogP contribution is -2.60. The van der Waals surface area contributed by atoms with Gasteiger partial charge in [-0.3, -0.25) is 14.9 Å². The van der Waals surface area contributed by atoms with Crippen LogP contribution in [0.5, 0.6) is 0 Å². The lowest BCUT2D eigenvalue weighted by atomic mass is 10.2. The first kappa shape index (κ1) is 12.5. The summed E-state index contributed by atoms with van der Waals surface area (Å²) in [6.07, 6.45) is 1.64. The molecule has 0 spiro atoms. The lowest BCUT2D eigenvalue weighted by molar-refractivity contribution is -0.136. The van der Waals surface area contributed by atoms with E-state index in [1.54, 1.807) is 0 Å². The Morgan fingerprint density at radius 2 is 1.82 bits per heavy atom. The zero-order valence-electron chi connectivity index (χ0n) is 9.55. The zero-order chi connectivity index (χ0) is 12.6. The molecular formula is C9H15N3O4S. The SMILES string of the molecule is CC1C(=O)NC(=O)CN1S(=O)(=O)N1CCCC1. The van der Waals surface area contributed by atoms with E-state index in [1.165, 1.54) is 11.2 Å². The summed E-state index contributed by atoms with van der Waals surface area (Å²) >= 11 is 0. The standard InChI is InChI=1S/C9H15N3O4S/c1-7-9(14)10-8(13)6-12(7)17(15,16)11-4-2-3-5-11/h7H,2-6H2,1H3,(H,10,13,14). The van der Waals surface area contributed by atoms with Crippen molar-refractivity contribution in [1.82, 2.24) is 13.9 Å². The topological polar surface area (TPSA) is 86.8 Å². The van der Waals surface area contributed by atoms with Crippen molar-refractivity contribution >= 4 is 22.0 Å². The number of nitrogens with zero attached hydrogens (tertiary/aromatic N) is 2. The van der Waals surface area contributed by atoms with Crippen LogP contribution in [0.2, 0.25) is 0 Å². The highest BCUT2D eigenvalue weighted by Crippen LogP contribution is 2.19. The number of amides is 2. The molecule has 96 valence electrons. The van der Waals surface area contributed by atoms with Crippen molar-refractivity contribution in [3.05, 3.63) is 0 Å². The second-order valence-corrected chi connectivity index (χ2v) is 6.13. The Kier molecular flexibility index (Phi) is 3.19. The highest BCUT2D eigenvalue weighted by molar-refractivity contribution is 7.86. The molecule has 0 saturated carbocycles. The third kappa shape index (κ3) is 2.20. The van der Waals surface area contributed by atoms with Gasteiger partial charge in [0.2, 0.25) is 11.8 Å². The predicted molar refractivity (Wildman–Crippen MR) is 59.0 cm³/mol. The summed E-state index contributed by atoms with van der Waals surface area (Å²) in [7, 11) is -3.69. The Hall–Kier alpha value is -0.990. The first-order chi connectivity index (χ1) is 7.93. The maximum absolute atomic E-state index is 12.2. The van der Waals surface area contributed by atoms with Gasteiger partial charge in [-0.1, -0.05) is 0 Å². The van der Waals surface area contributed by atoms with Gasteiger partial charge in [-0.2, -0.15) is 17.0 Å². The molecule has 2 aliphatic rings. The van der Waals surface area contributed by atoms with Crippen LogP contribution in [0.3, 0.4) is 0 Å².